The van der Waals surface area contributed by atoms with Crippen molar-refractivity contribution in [3.05, 3.63) is 29.8 Å². The Hall–Kier alpha value is -1.20. The maximum atomic E-state index is 5.33. The van der Waals surface area contributed by atoms with Crippen LogP contribution in [0.2, 0.25) is 0 Å². The molecule has 0 aliphatic rings. The summed E-state index contributed by atoms with van der Waals surface area (Å²) in [5, 5.41) is 8.54. The first kappa shape index (κ1) is 22.8. The van der Waals surface area contributed by atoms with Crippen LogP contribution in [0.3, 0.4) is 0 Å². The molecule has 0 unspecified atom stereocenters. The van der Waals surface area contributed by atoms with Crippen molar-refractivity contribution < 1.29 is 9.47 Å². The van der Waals surface area contributed by atoms with Crippen LogP contribution in [-0.2, 0) is 0 Å². The number of guanidine groups is 1. The Bertz CT molecular complexity index is 669. The predicted molar refractivity (Wildman–Crippen MR) is 122 cm³/mol. The van der Waals surface area contributed by atoms with Gasteiger partial charge in [-0.25, -0.2) is 4.98 Å². The van der Waals surface area contributed by atoms with Gasteiger partial charge in [0.1, 0.15) is 4.34 Å². The minimum atomic E-state index is 0. The van der Waals surface area contributed by atoms with Gasteiger partial charge in [0.15, 0.2) is 17.5 Å². The summed E-state index contributed by atoms with van der Waals surface area (Å²) in [7, 11) is 3.25. The first-order chi connectivity index (χ1) is 12.3. The molecule has 0 radical (unpaired) electrons. The van der Waals surface area contributed by atoms with Crippen molar-refractivity contribution in [2.24, 2.45) is 4.99 Å². The molecule has 0 fully saturated rings. The van der Waals surface area contributed by atoms with E-state index in [0.717, 1.165) is 41.2 Å². The molecule has 144 valence electrons. The monoisotopic (exact) mass is 508 g/mol. The summed E-state index contributed by atoms with van der Waals surface area (Å²) < 4.78 is 11.7. The molecule has 1 heterocycles. The minimum Gasteiger partial charge on any atom is -0.493 e. The van der Waals surface area contributed by atoms with Gasteiger partial charge in [-0.1, -0.05) is 11.8 Å². The van der Waals surface area contributed by atoms with Crippen molar-refractivity contribution in [3.8, 4) is 11.5 Å². The molecule has 0 saturated heterocycles. The summed E-state index contributed by atoms with van der Waals surface area (Å²) in [6.45, 7) is 3.60. The van der Waals surface area contributed by atoms with E-state index in [1.165, 1.54) is 0 Å². The maximum Gasteiger partial charge on any atom is 0.195 e. The third-order valence-electron chi connectivity index (χ3n) is 3.20. The molecule has 0 spiro atoms. The van der Waals surface area contributed by atoms with Crippen LogP contribution in [-0.4, -0.2) is 44.0 Å². The minimum absolute atomic E-state index is 0. The Balaban J connectivity index is 0.00000338. The zero-order valence-electron chi connectivity index (χ0n) is 15.2. The molecule has 2 aromatic rings. The largest absolute Gasteiger partial charge is 0.493 e. The van der Waals surface area contributed by atoms with Crippen molar-refractivity contribution in [2.45, 2.75) is 17.7 Å². The predicted octanol–water partition coefficient (Wildman–Crippen LogP) is 4.34. The third-order valence-corrected chi connectivity index (χ3v) is 5.25. The molecular formula is C17H25IN4O2S2. The van der Waals surface area contributed by atoms with Gasteiger partial charge in [0.2, 0.25) is 0 Å². The first-order valence-electron chi connectivity index (χ1n) is 8.06. The van der Waals surface area contributed by atoms with Crippen molar-refractivity contribution in [3.63, 3.8) is 0 Å². The lowest BCUT2D eigenvalue weighted by Gasteiger charge is -2.13. The van der Waals surface area contributed by atoms with Crippen LogP contribution in [0.4, 0.5) is 5.69 Å². The topological polar surface area (TPSA) is 67.8 Å². The molecule has 1 aromatic carbocycles. The highest BCUT2D eigenvalue weighted by molar-refractivity contribution is 14.0. The highest BCUT2D eigenvalue weighted by Gasteiger charge is 2.06. The molecular weight excluding hydrogens is 483 g/mol. The fourth-order valence-corrected chi connectivity index (χ4v) is 3.69. The zero-order chi connectivity index (χ0) is 17.9. The van der Waals surface area contributed by atoms with Crippen LogP contribution in [0.1, 0.15) is 13.3 Å². The number of aromatic nitrogens is 1. The zero-order valence-corrected chi connectivity index (χ0v) is 19.1. The molecule has 2 rings (SSSR count). The number of hydrogen-bond acceptors (Lipinski definition) is 6. The smallest absolute Gasteiger partial charge is 0.195 e. The molecule has 9 heteroatoms. The van der Waals surface area contributed by atoms with E-state index in [1.807, 2.05) is 36.7 Å². The van der Waals surface area contributed by atoms with Gasteiger partial charge in [-0.05, 0) is 25.5 Å². The van der Waals surface area contributed by atoms with E-state index in [4.69, 9.17) is 9.47 Å². The van der Waals surface area contributed by atoms with E-state index in [9.17, 15) is 0 Å². The molecule has 0 saturated carbocycles. The number of aliphatic imine (C=N–C) groups is 1. The summed E-state index contributed by atoms with van der Waals surface area (Å²) in [5.74, 6) is 3.15. The average molecular weight is 508 g/mol. The lowest BCUT2D eigenvalue weighted by atomic mass is 10.3. The summed E-state index contributed by atoms with van der Waals surface area (Å²) in [4.78, 5) is 8.88. The van der Waals surface area contributed by atoms with Crippen molar-refractivity contribution in [2.75, 3.05) is 38.4 Å². The lowest BCUT2D eigenvalue weighted by molar-refractivity contribution is 0.355. The summed E-state index contributed by atoms with van der Waals surface area (Å²) in [6.07, 6.45) is 2.83. The van der Waals surface area contributed by atoms with Crippen LogP contribution in [0.25, 0.3) is 0 Å². The highest BCUT2D eigenvalue weighted by atomic mass is 127. The van der Waals surface area contributed by atoms with E-state index in [-0.39, 0.29) is 24.0 Å². The SMILES string of the molecule is CCNC(=NCCCSc1nccs1)Nc1ccc(OC)c(OC)c1.I. The molecule has 0 amide bonds. The third kappa shape index (κ3) is 7.58. The number of hydrogen-bond donors (Lipinski definition) is 2. The van der Waals surface area contributed by atoms with Crippen LogP contribution >= 0.6 is 47.1 Å². The number of thiazole rings is 1. The molecule has 1 aromatic heterocycles. The van der Waals surface area contributed by atoms with Crippen LogP contribution in [0.5, 0.6) is 11.5 Å². The van der Waals surface area contributed by atoms with Crippen molar-refractivity contribution in [1.82, 2.24) is 10.3 Å². The number of rotatable bonds is 9. The number of methoxy groups -OCH3 is 2. The number of benzene rings is 1. The molecule has 2 N–H and O–H groups in total. The standard InChI is InChI=1S/C17H24N4O2S2.HI/c1-4-18-16(19-8-5-10-24-17-20-9-11-25-17)21-13-6-7-14(22-2)15(12-13)23-3;/h6-7,9,11-12H,4-5,8,10H2,1-3H3,(H2,18,19,21);1H. The molecule has 0 aliphatic carbocycles. The first-order valence-corrected chi connectivity index (χ1v) is 9.93. The van der Waals surface area contributed by atoms with Gasteiger partial charge in [-0.15, -0.1) is 35.3 Å². The van der Waals surface area contributed by atoms with E-state index in [1.54, 1.807) is 37.3 Å². The average Bonchev–Trinajstić information content (AvgIpc) is 3.14. The Kier molecular flexibility index (Phi) is 11.5. The van der Waals surface area contributed by atoms with Crippen LogP contribution in [0.15, 0.2) is 39.1 Å². The van der Waals surface area contributed by atoms with E-state index < -0.39 is 0 Å². The van der Waals surface area contributed by atoms with Gasteiger partial charge < -0.3 is 20.1 Å². The van der Waals surface area contributed by atoms with Gasteiger partial charge >= 0.3 is 0 Å². The Labute approximate surface area is 180 Å². The fraction of sp³-hybridized carbons (Fsp3) is 0.412. The second-order valence-electron chi connectivity index (χ2n) is 4.96. The molecule has 26 heavy (non-hydrogen) atoms. The lowest BCUT2D eigenvalue weighted by Crippen LogP contribution is -2.30. The van der Waals surface area contributed by atoms with Crippen molar-refractivity contribution >= 4 is 58.7 Å². The van der Waals surface area contributed by atoms with Gasteiger partial charge in [-0.3, -0.25) is 4.99 Å². The maximum absolute atomic E-state index is 5.33. The number of ether oxygens (including phenoxy) is 2. The normalized spacial score (nSPS) is 10.8. The molecule has 0 aliphatic heterocycles. The van der Waals surface area contributed by atoms with Crippen LogP contribution in [0, 0.1) is 0 Å². The number of nitrogens with one attached hydrogen (secondary N) is 2. The molecule has 0 atom stereocenters. The molecule has 6 nitrogen and oxygen atoms in total. The quantitative estimate of drug-likeness (QED) is 0.173. The van der Waals surface area contributed by atoms with E-state index in [2.05, 4.69) is 20.6 Å². The Morgan fingerprint density at radius 2 is 2.08 bits per heavy atom. The second-order valence-corrected chi connectivity index (χ2v) is 7.19. The number of halogens is 1. The number of thioether (sulfide) groups is 1. The highest BCUT2D eigenvalue weighted by Crippen LogP contribution is 2.29. The van der Waals surface area contributed by atoms with E-state index >= 15 is 0 Å². The Morgan fingerprint density at radius 1 is 1.27 bits per heavy atom. The summed E-state index contributed by atoms with van der Waals surface area (Å²) in [6, 6.07) is 5.70. The fourth-order valence-electron chi connectivity index (χ4n) is 2.05. The second kappa shape index (κ2) is 13.0. The van der Waals surface area contributed by atoms with Gasteiger partial charge in [-0.2, -0.15) is 0 Å². The van der Waals surface area contributed by atoms with Gasteiger partial charge in [0.25, 0.3) is 0 Å². The number of nitrogens with zero attached hydrogens (tertiary/aromatic N) is 2. The van der Waals surface area contributed by atoms with Gasteiger partial charge in [0, 0.05) is 42.2 Å². The van der Waals surface area contributed by atoms with Gasteiger partial charge in [0.05, 0.1) is 14.2 Å². The van der Waals surface area contributed by atoms with Crippen LogP contribution < -0.4 is 20.1 Å². The summed E-state index contributed by atoms with van der Waals surface area (Å²) in [5.41, 5.74) is 0.898. The summed E-state index contributed by atoms with van der Waals surface area (Å²) >= 11 is 3.44. The Morgan fingerprint density at radius 3 is 2.73 bits per heavy atom. The molecule has 0 bridgehead atoms. The number of anilines is 1. The van der Waals surface area contributed by atoms with Crippen molar-refractivity contribution in [1.29, 1.82) is 0 Å². The van der Waals surface area contributed by atoms with E-state index in [0.29, 0.717) is 11.5 Å².